The van der Waals surface area contributed by atoms with Crippen molar-refractivity contribution in [1.82, 2.24) is 10.3 Å². The van der Waals surface area contributed by atoms with Crippen LogP contribution in [0.15, 0.2) is 35.3 Å². The molecule has 1 saturated heterocycles. The number of carbonyl (C=O) groups is 3. The highest BCUT2D eigenvalue weighted by molar-refractivity contribution is 6.01. The van der Waals surface area contributed by atoms with Crippen LogP contribution in [0.25, 0.3) is 10.8 Å². The summed E-state index contributed by atoms with van der Waals surface area (Å²) in [6.07, 6.45) is 1.80. The van der Waals surface area contributed by atoms with Crippen molar-refractivity contribution in [2.24, 2.45) is 0 Å². The number of hydrogen-bond acceptors (Lipinski definition) is 5. The van der Waals surface area contributed by atoms with E-state index in [2.05, 4.69) is 15.6 Å². The van der Waals surface area contributed by atoms with Gasteiger partial charge in [0.2, 0.25) is 11.8 Å². The molecule has 8 heteroatoms. The highest BCUT2D eigenvalue weighted by Gasteiger charge is 2.16. The second kappa shape index (κ2) is 10.2. The van der Waals surface area contributed by atoms with Gasteiger partial charge in [-0.3, -0.25) is 25.0 Å². The summed E-state index contributed by atoms with van der Waals surface area (Å²) in [7, 11) is 0. The zero-order valence-corrected chi connectivity index (χ0v) is 16.8. The van der Waals surface area contributed by atoms with Crippen LogP contribution in [-0.4, -0.2) is 28.5 Å². The van der Waals surface area contributed by atoms with Gasteiger partial charge in [-0.25, -0.2) is 4.79 Å². The Hall–Kier alpha value is -3.16. The Labute approximate surface area is 163 Å². The fourth-order valence-corrected chi connectivity index (χ4v) is 2.20. The van der Waals surface area contributed by atoms with Crippen molar-refractivity contribution in [3.63, 3.8) is 0 Å². The topological polar surface area (TPSA) is 117 Å². The molecular weight excluding hydrogens is 362 g/mol. The Balaban J connectivity index is 0.000000363. The molecule has 0 radical (unpaired) electrons. The SMILES string of the molecule is CC.CC(C)(C)OC(=O)Nc1ccc2c(=O)[nH]ccc2c1.O=C1CCC(=O)N1. The number of ether oxygens (including phenoxy) is 1. The van der Waals surface area contributed by atoms with E-state index >= 15 is 0 Å². The van der Waals surface area contributed by atoms with Crippen LogP contribution in [0.1, 0.15) is 47.5 Å². The Kier molecular flexibility index (Phi) is 8.37. The summed E-state index contributed by atoms with van der Waals surface area (Å²) in [6, 6.07) is 6.84. The summed E-state index contributed by atoms with van der Waals surface area (Å²) in [6.45, 7) is 9.39. The maximum Gasteiger partial charge on any atom is 0.412 e. The van der Waals surface area contributed by atoms with Gasteiger partial charge in [0.25, 0.3) is 5.56 Å². The summed E-state index contributed by atoms with van der Waals surface area (Å²) in [5.74, 6) is -0.296. The first-order chi connectivity index (χ1) is 13.1. The van der Waals surface area contributed by atoms with Crippen LogP contribution in [-0.2, 0) is 14.3 Å². The Morgan fingerprint density at radius 3 is 2.14 bits per heavy atom. The lowest BCUT2D eigenvalue weighted by Crippen LogP contribution is -2.27. The average Bonchev–Trinajstić information content (AvgIpc) is 2.98. The quantitative estimate of drug-likeness (QED) is 0.647. The molecule has 8 nitrogen and oxygen atoms in total. The van der Waals surface area contributed by atoms with Gasteiger partial charge in [0.05, 0.1) is 0 Å². The van der Waals surface area contributed by atoms with Gasteiger partial charge in [0.15, 0.2) is 0 Å². The van der Waals surface area contributed by atoms with Gasteiger partial charge >= 0.3 is 6.09 Å². The van der Waals surface area contributed by atoms with Crippen molar-refractivity contribution in [3.8, 4) is 0 Å². The van der Waals surface area contributed by atoms with Crippen molar-refractivity contribution >= 4 is 34.4 Å². The maximum atomic E-state index is 11.6. The van der Waals surface area contributed by atoms with E-state index in [9.17, 15) is 19.2 Å². The maximum absolute atomic E-state index is 11.6. The molecular formula is C20H27N3O5. The molecule has 0 bridgehead atoms. The van der Waals surface area contributed by atoms with Crippen LogP contribution in [0.5, 0.6) is 0 Å². The molecule has 1 aliphatic rings. The predicted molar refractivity (Wildman–Crippen MR) is 108 cm³/mol. The van der Waals surface area contributed by atoms with Gasteiger partial charge in [-0.15, -0.1) is 0 Å². The molecule has 1 fully saturated rings. The largest absolute Gasteiger partial charge is 0.444 e. The van der Waals surface area contributed by atoms with E-state index in [0.717, 1.165) is 5.39 Å². The summed E-state index contributed by atoms with van der Waals surface area (Å²) in [4.78, 5) is 46.0. The molecule has 3 amide bonds. The Morgan fingerprint density at radius 2 is 1.64 bits per heavy atom. The lowest BCUT2D eigenvalue weighted by molar-refractivity contribution is -0.124. The zero-order chi connectivity index (χ0) is 21.3. The highest BCUT2D eigenvalue weighted by Crippen LogP contribution is 2.17. The number of pyridine rings is 1. The van der Waals surface area contributed by atoms with Crippen molar-refractivity contribution < 1.29 is 19.1 Å². The fraction of sp³-hybridized carbons (Fsp3) is 0.400. The lowest BCUT2D eigenvalue weighted by atomic mass is 10.1. The smallest absolute Gasteiger partial charge is 0.412 e. The summed E-state index contributed by atoms with van der Waals surface area (Å²) < 4.78 is 5.16. The number of rotatable bonds is 1. The van der Waals surface area contributed by atoms with E-state index in [1.165, 1.54) is 0 Å². The van der Waals surface area contributed by atoms with E-state index < -0.39 is 11.7 Å². The molecule has 0 spiro atoms. The molecule has 0 unspecified atom stereocenters. The van der Waals surface area contributed by atoms with E-state index in [1.807, 2.05) is 13.8 Å². The second-order valence-corrected chi connectivity index (χ2v) is 6.71. The highest BCUT2D eigenvalue weighted by atomic mass is 16.6. The van der Waals surface area contributed by atoms with Gasteiger partial charge in [-0.1, -0.05) is 13.8 Å². The number of amides is 3. The third kappa shape index (κ3) is 7.61. The van der Waals surface area contributed by atoms with Crippen molar-refractivity contribution in [2.45, 2.75) is 53.1 Å². The lowest BCUT2D eigenvalue weighted by Gasteiger charge is -2.19. The number of fused-ring (bicyclic) bond motifs is 1. The monoisotopic (exact) mass is 389 g/mol. The molecule has 1 aromatic heterocycles. The predicted octanol–water partition coefficient (Wildman–Crippen LogP) is 3.32. The summed E-state index contributed by atoms with van der Waals surface area (Å²) in [5, 5.41) is 6.12. The molecule has 0 saturated carbocycles. The molecule has 152 valence electrons. The number of aromatic amines is 1. The van der Waals surface area contributed by atoms with Crippen LogP contribution >= 0.6 is 0 Å². The zero-order valence-electron chi connectivity index (χ0n) is 16.8. The van der Waals surface area contributed by atoms with Crippen molar-refractivity contribution in [3.05, 3.63) is 40.8 Å². The number of aromatic nitrogens is 1. The van der Waals surface area contributed by atoms with Crippen molar-refractivity contribution in [1.29, 1.82) is 0 Å². The first-order valence-corrected chi connectivity index (χ1v) is 9.08. The number of carbonyl (C=O) groups excluding carboxylic acids is 3. The van der Waals surface area contributed by atoms with Crippen molar-refractivity contribution in [2.75, 3.05) is 5.32 Å². The minimum absolute atomic E-state index is 0.148. The number of nitrogens with one attached hydrogen (secondary N) is 3. The van der Waals surface area contributed by atoms with Gasteiger partial charge in [0, 0.05) is 30.1 Å². The molecule has 2 aromatic rings. The molecule has 2 heterocycles. The molecule has 3 rings (SSSR count). The normalized spacial score (nSPS) is 12.9. The first-order valence-electron chi connectivity index (χ1n) is 9.08. The summed E-state index contributed by atoms with van der Waals surface area (Å²) >= 11 is 0. The van der Waals surface area contributed by atoms with E-state index in [0.29, 0.717) is 23.9 Å². The number of anilines is 1. The number of benzene rings is 1. The molecule has 3 N–H and O–H groups in total. The third-order valence-electron chi connectivity index (χ3n) is 3.28. The van der Waals surface area contributed by atoms with Gasteiger partial charge < -0.3 is 9.72 Å². The van der Waals surface area contributed by atoms with Gasteiger partial charge in [-0.2, -0.15) is 0 Å². The molecule has 0 atom stereocenters. The molecule has 1 aliphatic heterocycles. The average molecular weight is 389 g/mol. The van der Waals surface area contributed by atoms with Gasteiger partial charge in [-0.05, 0) is 50.4 Å². The number of H-pyrrole nitrogens is 1. The Bertz CT molecular complexity index is 883. The van der Waals surface area contributed by atoms with Crippen LogP contribution < -0.4 is 16.2 Å². The minimum Gasteiger partial charge on any atom is -0.444 e. The van der Waals surface area contributed by atoms with Gasteiger partial charge in [0.1, 0.15) is 5.60 Å². The number of imide groups is 1. The standard InChI is InChI=1S/C14H16N2O3.C4H5NO2.C2H6/c1-14(2,3)19-13(18)16-10-4-5-11-9(8-10)6-7-15-12(11)17;6-3-1-2-4(7)5-3;1-2/h4-8H,1-3H3,(H,15,17)(H,16,18);1-2H2,(H,5,6,7);1-2H3. The van der Waals surface area contributed by atoms with Crippen LogP contribution in [0.4, 0.5) is 10.5 Å². The third-order valence-corrected chi connectivity index (χ3v) is 3.28. The molecule has 1 aromatic carbocycles. The molecule has 0 aliphatic carbocycles. The fourth-order valence-electron chi connectivity index (χ4n) is 2.20. The van der Waals surface area contributed by atoms with E-state index in [4.69, 9.17) is 4.74 Å². The second-order valence-electron chi connectivity index (χ2n) is 6.71. The first kappa shape index (κ1) is 22.9. The minimum atomic E-state index is -0.544. The Morgan fingerprint density at radius 1 is 1.04 bits per heavy atom. The number of hydrogen-bond donors (Lipinski definition) is 3. The van der Waals surface area contributed by atoms with Crippen LogP contribution in [0.3, 0.4) is 0 Å². The van der Waals surface area contributed by atoms with Crippen LogP contribution in [0.2, 0.25) is 0 Å². The van der Waals surface area contributed by atoms with Crippen LogP contribution in [0, 0.1) is 0 Å². The molecule has 28 heavy (non-hydrogen) atoms. The summed E-state index contributed by atoms with van der Waals surface area (Å²) in [5.41, 5.74) is -0.105. The van der Waals surface area contributed by atoms with E-state index in [1.54, 1.807) is 51.2 Å². The van der Waals surface area contributed by atoms with E-state index in [-0.39, 0.29) is 17.4 Å².